The molecule has 4 rings (SSSR count). The number of carbonyl (C=O) groups is 1. The Morgan fingerprint density at radius 1 is 1.09 bits per heavy atom. The summed E-state index contributed by atoms with van der Waals surface area (Å²) in [6.07, 6.45) is 1.89. The highest BCUT2D eigenvalue weighted by atomic mass is 35.5. The highest BCUT2D eigenvalue weighted by Gasteiger charge is 2.24. The number of methoxy groups -OCH3 is 1. The number of ether oxygens (including phenoxy) is 1. The number of imidazole rings is 1. The van der Waals surface area contributed by atoms with Gasteiger partial charge >= 0.3 is 0 Å². The lowest BCUT2D eigenvalue weighted by Crippen LogP contribution is -2.49. The summed E-state index contributed by atoms with van der Waals surface area (Å²) in [5.74, 6) is 1.85. The number of piperazine rings is 1. The molecule has 0 atom stereocenters. The first kappa shape index (κ1) is 24.5. The molecule has 1 amide bonds. The van der Waals surface area contributed by atoms with Crippen LogP contribution in [0.3, 0.4) is 0 Å². The standard InChI is InChI=1S/C26H31ClN4O2S/c1-19(2)17-31-23(20-8-10-21(27)11-9-20)16-28-26(31)34-18-25(32)30-14-12-29(13-15-30)22-6-4-5-7-24(22)33-3/h4-11,16,19H,12-15,17-18H2,1-3H3. The fourth-order valence-corrected chi connectivity index (χ4v) is 5.19. The van der Waals surface area contributed by atoms with Crippen molar-refractivity contribution in [1.29, 1.82) is 0 Å². The molecule has 0 spiro atoms. The minimum Gasteiger partial charge on any atom is -0.495 e. The Morgan fingerprint density at radius 2 is 1.79 bits per heavy atom. The Labute approximate surface area is 210 Å². The Balaban J connectivity index is 1.39. The maximum absolute atomic E-state index is 13.0. The summed E-state index contributed by atoms with van der Waals surface area (Å²) in [5.41, 5.74) is 3.20. The van der Waals surface area contributed by atoms with Gasteiger partial charge in [0, 0.05) is 37.7 Å². The van der Waals surface area contributed by atoms with E-state index in [1.54, 1.807) is 7.11 Å². The van der Waals surface area contributed by atoms with E-state index in [-0.39, 0.29) is 5.91 Å². The Morgan fingerprint density at radius 3 is 2.47 bits per heavy atom. The second kappa shape index (κ2) is 11.2. The zero-order valence-electron chi connectivity index (χ0n) is 19.9. The van der Waals surface area contributed by atoms with Crippen LogP contribution in [0.15, 0.2) is 59.9 Å². The average Bonchev–Trinajstić information content (AvgIpc) is 3.24. The number of hydrogen-bond donors (Lipinski definition) is 0. The van der Waals surface area contributed by atoms with Crippen LogP contribution in [-0.4, -0.2) is 59.4 Å². The van der Waals surface area contributed by atoms with E-state index in [4.69, 9.17) is 16.3 Å². The fraction of sp³-hybridized carbons (Fsp3) is 0.385. The van der Waals surface area contributed by atoms with Crippen molar-refractivity contribution in [2.24, 2.45) is 5.92 Å². The molecule has 1 saturated heterocycles. The first-order valence-corrected chi connectivity index (χ1v) is 12.9. The van der Waals surface area contributed by atoms with Gasteiger partial charge in [0.25, 0.3) is 0 Å². The molecule has 2 heterocycles. The molecule has 8 heteroatoms. The van der Waals surface area contributed by atoms with Crippen molar-refractivity contribution in [1.82, 2.24) is 14.5 Å². The van der Waals surface area contributed by atoms with Crippen molar-refractivity contribution in [3.05, 3.63) is 59.8 Å². The Kier molecular flexibility index (Phi) is 8.06. The van der Waals surface area contributed by atoms with E-state index in [0.717, 1.165) is 47.5 Å². The number of amides is 1. The SMILES string of the molecule is COc1ccccc1N1CCN(C(=O)CSc2ncc(-c3ccc(Cl)cc3)n2CC(C)C)CC1. The van der Waals surface area contributed by atoms with Crippen LogP contribution in [0.25, 0.3) is 11.3 Å². The van der Waals surface area contributed by atoms with Gasteiger partial charge in [-0.05, 0) is 35.7 Å². The van der Waals surface area contributed by atoms with E-state index in [1.807, 2.05) is 53.6 Å². The number of carbonyl (C=O) groups excluding carboxylic acids is 1. The molecule has 3 aromatic rings. The van der Waals surface area contributed by atoms with Gasteiger partial charge in [0.15, 0.2) is 5.16 Å². The number of rotatable bonds is 8. The molecule has 0 bridgehead atoms. The first-order chi connectivity index (χ1) is 16.5. The van der Waals surface area contributed by atoms with Crippen molar-refractivity contribution >= 4 is 35.0 Å². The van der Waals surface area contributed by atoms with Crippen LogP contribution in [-0.2, 0) is 11.3 Å². The molecule has 1 aromatic heterocycles. The van der Waals surface area contributed by atoms with Gasteiger partial charge in [0.2, 0.25) is 5.91 Å². The zero-order chi connectivity index (χ0) is 24.1. The second-order valence-electron chi connectivity index (χ2n) is 8.77. The van der Waals surface area contributed by atoms with E-state index >= 15 is 0 Å². The van der Waals surface area contributed by atoms with Gasteiger partial charge in [0.1, 0.15) is 5.75 Å². The molecule has 0 aliphatic carbocycles. The van der Waals surface area contributed by atoms with E-state index in [0.29, 0.717) is 29.8 Å². The van der Waals surface area contributed by atoms with Crippen LogP contribution in [0.1, 0.15) is 13.8 Å². The third kappa shape index (κ3) is 5.70. The van der Waals surface area contributed by atoms with Crippen molar-refractivity contribution < 1.29 is 9.53 Å². The van der Waals surface area contributed by atoms with Crippen LogP contribution < -0.4 is 9.64 Å². The highest BCUT2D eigenvalue weighted by Crippen LogP contribution is 2.30. The molecule has 0 unspecified atom stereocenters. The minimum absolute atomic E-state index is 0.150. The zero-order valence-corrected chi connectivity index (χ0v) is 21.5. The van der Waals surface area contributed by atoms with Gasteiger partial charge in [-0.3, -0.25) is 4.79 Å². The second-order valence-corrected chi connectivity index (χ2v) is 10.1. The summed E-state index contributed by atoms with van der Waals surface area (Å²) in [5, 5.41) is 1.59. The summed E-state index contributed by atoms with van der Waals surface area (Å²) < 4.78 is 7.71. The lowest BCUT2D eigenvalue weighted by molar-refractivity contribution is -0.128. The number of anilines is 1. The number of benzene rings is 2. The van der Waals surface area contributed by atoms with E-state index in [2.05, 4.69) is 34.4 Å². The first-order valence-electron chi connectivity index (χ1n) is 11.6. The van der Waals surface area contributed by atoms with Gasteiger partial charge in [-0.2, -0.15) is 0 Å². The quantitative estimate of drug-likeness (QED) is 0.394. The van der Waals surface area contributed by atoms with Crippen LogP contribution in [0.2, 0.25) is 5.02 Å². The number of thioether (sulfide) groups is 1. The maximum Gasteiger partial charge on any atom is 0.233 e. The third-order valence-corrected chi connectivity index (χ3v) is 7.12. The van der Waals surface area contributed by atoms with Gasteiger partial charge in [-0.25, -0.2) is 4.98 Å². The van der Waals surface area contributed by atoms with E-state index in [9.17, 15) is 4.79 Å². The van der Waals surface area contributed by atoms with Gasteiger partial charge in [0.05, 0.1) is 30.4 Å². The van der Waals surface area contributed by atoms with Crippen molar-refractivity contribution in [3.63, 3.8) is 0 Å². The number of hydrogen-bond acceptors (Lipinski definition) is 5. The topological polar surface area (TPSA) is 50.6 Å². The summed E-state index contributed by atoms with van der Waals surface area (Å²) in [4.78, 5) is 21.9. The van der Waals surface area contributed by atoms with Crippen LogP contribution >= 0.6 is 23.4 Å². The predicted octanol–water partition coefficient (Wildman–Crippen LogP) is 5.31. The molecule has 0 radical (unpaired) electrons. The molecule has 2 aromatic carbocycles. The molecule has 0 N–H and O–H groups in total. The molecule has 6 nitrogen and oxygen atoms in total. The fourth-order valence-electron chi connectivity index (χ4n) is 4.17. The largest absolute Gasteiger partial charge is 0.495 e. The number of aromatic nitrogens is 2. The van der Waals surface area contributed by atoms with Crippen molar-refractivity contribution in [2.75, 3.05) is 43.9 Å². The van der Waals surface area contributed by atoms with Crippen LogP contribution in [0, 0.1) is 5.92 Å². The normalized spacial score (nSPS) is 14.0. The number of halogens is 1. The van der Waals surface area contributed by atoms with E-state index in [1.165, 1.54) is 11.8 Å². The van der Waals surface area contributed by atoms with E-state index < -0.39 is 0 Å². The molecule has 1 aliphatic rings. The number of nitrogens with zero attached hydrogens (tertiary/aromatic N) is 4. The molecule has 180 valence electrons. The molecule has 0 saturated carbocycles. The third-order valence-electron chi connectivity index (χ3n) is 5.89. The minimum atomic E-state index is 0.150. The predicted molar refractivity (Wildman–Crippen MR) is 140 cm³/mol. The van der Waals surface area contributed by atoms with Crippen LogP contribution in [0.5, 0.6) is 5.75 Å². The monoisotopic (exact) mass is 498 g/mol. The van der Waals surface area contributed by atoms with Gasteiger partial charge in [-0.1, -0.05) is 61.5 Å². The molecular weight excluding hydrogens is 468 g/mol. The van der Waals surface area contributed by atoms with Crippen LogP contribution in [0.4, 0.5) is 5.69 Å². The average molecular weight is 499 g/mol. The summed E-state index contributed by atoms with van der Waals surface area (Å²) in [7, 11) is 1.69. The Bertz CT molecular complexity index is 1110. The van der Waals surface area contributed by atoms with Crippen molar-refractivity contribution in [2.45, 2.75) is 25.5 Å². The van der Waals surface area contributed by atoms with Crippen molar-refractivity contribution in [3.8, 4) is 17.0 Å². The molecular formula is C26H31ClN4O2S. The lowest BCUT2D eigenvalue weighted by atomic mass is 10.1. The smallest absolute Gasteiger partial charge is 0.233 e. The summed E-state index contributed by atoms with van der Waals surface area (Å²) in [6.45, 7) is 8.20. The molecule has 1 aliphatic heterocycles. The number of para-hydroxylation sites is 2. The molecule has 1 fully saturated rings. The van der Waals surface area contributed by atoms with Gasteiger partial charge < -0.3 is 19.1 Å². The summed E-state index contributed by atoms with van der Waals surface area (Å²) >= 11 is 7.58. The Hall–Kier alpha value is -2.64. The highest BCUT2D eigenvalue weighted by molar-refractivity contribution is 7.99. The molecule has 34 heavy (non-hydrogen) atoms. The van der Waals surface area contributed by atoms with Gasteiger partial charge in [-0.15, -0.1) is 0 Å². The lowest BCUT2D eigenvalue weighted by Gasteiger charge is -2.36. The maximum atomic E-state index is 13.0. The summed E-state index contributed by atoms with van der Waals surface area (Å²) in [6, 6.07) is 15.8.